The van der Waals surface area contributed by atoms with Crippen molar-refractivity contribution >= 4 is 23.3 Å². The summed E-state index contributed by atoms with van der Waals surface area (Å²) in [6.07, 6.45) is 3.34. The van der Waals surface area contributed by atoms with Gasteiger partial charge in [-0.25, -0.2) is 4.68 Å². The van der Waals surface area contributed by atoms with Crippen molar-refractivity contribution in [2.24, 2.45) is 0 Å². The van der Waals surface area contributed by atoms with E-state index in [9.17, 15) is 4.79 Å². The number of aryl methyl sites for hydroxylation is 1. The van der Waals surface area contributed by atoms with Crippen LogP contribution in [0.25, 0.3) is 5.69 Å². The van der Waals surface area contributed by atoms with Gasteiger partial charge in [-0.05, 0) is 49.1 Å². The first-order valence-corrected chi connectivity index (χ1v) is 8.79. The van der Waals surface area contributed by atoms with Crippen molar-refractivity contribution in [3.05, 3.63) is 76.4 Å². The molecule has 126 valence electrons. The van der Waals surface area contributed by atoms with E-state index in [1.807, 2.05) is 59.3 Å². The number of hydrogen-bond acceptors (Lipinski definition) is 2. The van der Waals surface area contributed by atoms with Crippen LogP contribution in [0.3, 0.4) is 0 Å². The molecule has 0 saturated heterocycles. The Morgan fingerprint density at radius 2 is 1.84 bits per heavy atom. The molecule has 2 aromatic carbocycles. The summed E-state index contributed by atoms with van der Waals surface area (Å²) in [4.78, 5) is 12.5. The molecule has 25 heavy (non-hydrogen) atoms. The lowest BCUT2D eigenvalue weighted by Gasteiger charge is -2.11. The Hall–Kier alpha value is -2.59. The average Bonchev–Trinajstić information content (AvgIpc) is 3.19. The van der Waals surface area contributed by atoms with Crippen LogP contribution >= 0.6 is 11.6 Å². The molecule has 3 aromatic rings. The van der Waals surface area contributed by atoms with Crippen LogP contribution in [0.15, 0.2) is 54.6 Å². The molecule has 1 aromatic heterocycles. The summed E-state index contributed by atoms with van der Waals surface area (Å²) in [5.74, 6) is 0.756. The van der Waals surface area contributed by atoms with Crippen molar-refractivity contribution in [2.75, 3.05) is 5.32 Å². The van der Waals surface area contributed by atoms with Gasteiger partial charge in [0.1, 0.15) is 5.82 Å². The molecule has 0 bridgehead atoms. The molecule has 1 N–H and O–H groups in total. The van der Waals surface area contributed by atoms with Gasteiger partial charge in [0, 0.05) is 10.6 Å². The predicted octanol–water partition coefficient (Wildman–Crippen LogP) is 4.20. The Kier molecular flexibility index (Phi) is 4.28. The molecule has 1 aliphatic rings. The van der Waals surface area contributed by atoms with E-state index >= 15 is 0 Å². The zero-order valence-electron chi connectivity index (χ0n) is 13.7. The second kappa shape index (κ2) is 6.73. The minimum Gasteiger partial charge on any atom is -0.310 e. The molecule has 1 aliphatic carbocycles. The summed E-state index contributed by atoms with van der Waals surface area (Å²) in [5, 5.41) is 8.47. The summed E-state index contributed by atoms with van der Waals surface area (Å²) in [6.45, 7) is 0. The largest absolute Gasteiger partial charge is 0.310 e. The third-order valence-electron chi connectivity index (χ3n) is 4.44. The number of carbonyl (C=O) groups excluding carboxylic acids is 1. The minimum absolute atomic E-state index is 0.0315. The molecule has 5 heteroatoms. The van der Waals surface area contributed by atoms with Crippen molar-refractivity contribution in [3.8, 4) is 5.69 Å². The van der Waals surface area contributed by atoms with Gasteiger partial charge < -0.3 is 5.32 Å². The third kappa shape index (κ3) is 3.30. The lowest BCUT2D eigenvalue weighted by Crippen LogP contribution is -2.18. The number of nitrogens with one attached hydrogen (secondary N) is 1. The second-order valence-electron chi connectivity index (χ2n) is 6.23. The molecular formula is C20H18ClN3O. The number of fused-ring (bicyclic) bond motifs is 1. The van der Waals surface area contributed by atoms with Crippen LogP contribution in [0.5, 0.6) is 0 Å². The van der Waals surface area contributed by atoms with Gasteiger partial charge in [0.2, 0.25) is 5.91 Å². The van der Waals surface area contributed by atoms with E-state index in [4.69, 9.17) is 16.7 Å². The first-order valence-electron chi connectivity index (χ1n) is 8.41. The second-order valence-corrected chi connectivity index (χ2v) is 6.66. The maximum Gasteiger partial charge on any atom is 0.229 e. The van der Waals surface area contributed by atoms with E-state index in [0.29, 0.717) is 11.4 Å². The smallest absolute Gasteiger partial charge is 0.229 e. The Morgan fingerprint density at radius 3 is 2.60 bits per heavy atom. The van der Waals surface area contributed by atoms with Crippen LogP contribution in [0.1, 0.15) is 23.2 Å². The Balaban J connectivity index is 1.64. The number of carbonyl (C=O) groups is 1. The van der Waals surface area contributed by atoms with Gasteiger partial charge >= 0.3 is 0 Å². The van der Waals surface area contributed by atoms with E-state index in [2.05, 4.69) is 5.32 Å². The summed E-state index contributed by atoms with van der Waals surface area (Å²) >= 11 is 5.99. The Morgan fingerprint density at radius 1 is 1.08 bits per heavy atom. The van der Waals surface area contributed by atoms with Crippen molar-refractivity contribution in [1.29, 1.82) is 0 Å². The summed E-state index contributed by atoms with van der Waals surface area (Å²) in [6, 6.07) is 17.2. The van der Waals surface area contributed by atoms with Gasteiger partial charge in [0.25, 0.3) is 0 Å². The highest BCUT2D eigenvalue weighted by Crippen LogP contribution is 2.31. The van der Waals surface area contributed by atoms with Gasteiger partial charge in [0.05, 0.1) is 17.8 Å². The topological polar surface area (TPSA) is 46.9 Å². The molecule has 4 rings (SSSR count). The molecule has 0 aliphatic heterocycles. The first kappa shape index (κ1) is 15.9. The number of aromatic nitrogens is 2. The number of amides is 1. The molecule has 0 spiro atoms. The average molecular weight is 352 g/mol. The molecule has 4 nitrogen and oxygen atoms in total. The third-order valence-corrected chi connectivity index (χ3v) is 4.70. The van der Waals surface area contributed by atoms with Crippen LogP contribution in [-0.2, 0) is 24.1 Å². The molecule has 0 fully saturated rings. The maximum absolute atomic E-state index is 12.5. The minimum atomic E-state index is -0.0315. The zero-order valence-corrected chi connectivity index (χ0v) is 14.5. The number of rotatable bonds is 4. The predicted molar refractivity (Wildman–Crippen MR) is 99.4 cm³/mol. The van der Waals surface area contributed by atoms with Crippen molar-refractivity contribution in [3.63, 3.8) is 0 Å². The normalized spacial score (nSPS) is 12.8. The van der Waals surface area contributed by atoms with E-state index in [-0.39, 0.29) is 5.91 Å². The molecule has 0 radical (unpaired) electrons. The van der Waals surface area contributed by atoms with E-state index in [1.165, 1.54) is 0 Å². The highest BCUT2D eigenvalue weighted by Gasteiger charge is 2.24. The van der Waals surface area contributed by atoms with Crippen molar-refractivity contribution in [2.45, 2.75) is 25.7 Å². The summed E-state index contributed by atoms with van der Waals surface area (Å²) in [5.41, 5.74) is 4.12. The van der Waals surface area contributed by atoms with E-state index in [1.54, 1.807) is 0 Å². The van der Waals surface area contributed by atoms with E-state index in [0.717, 1.165) is 47.6 Å². The monoisotopic (exact) mass is 351 g/mol. The standard InChI is InChI=1S/C20H18ClN3O/c21-15-9-11-16(12-10-15)24-20(17-7-4-8-18(17)23-24)22-19(25)13-14-5-2-1-3-6-14/h1-3,5-6,9-12H,4,7-8,13H2,(H,22,25). The molecule has 1 heterocycles. The SMILES string of the molecule is O=C(Cc1ccccc1)Nc1c2c(nn1-c1ccc(Cl)cc1)CCC2. The van der Waals surface area contributed by atoms with Crippen LogP contribution in [0, 0.1) is 0 Å². The molecule has 0 atom stereocenters. The van der Waals surface area contributed by atoms with Gasteiger partial charge in [-0.1, -0.05) is 41.9 Å². The highest BCUT2D eigenvalue weighted by molar-refractivity contribution is 6.30. The first-order chi connectivity index (χ1) is 12.2. The molecular weight excluding hydrogens is 334 g/mol. The van der Waals surface area contributed by atoms with Crippen molar-refractivity contribution < 1.29 is 4.79 Å². The molecule has 0 saturated carbocycles. The van der Waals surface area contributed by atoms with Crippen LogP contribution in [-0.4, -0.2) is 15.7 Å². The Labute approximate surface area is 151 Å². The molecule has 0 unspecified atom stereocenters. The van der Waals surface area contributed by atoms with Gasteiger partial charge in [0.15, 0.2) is 0 Å². The fraction of sp³-hybridized carbons (Fsp3) is 0.200. The number of benzene rings is 2. The van der Waals surface area contributed by atoms with Crippen LogP contribution in [0.2, 0.25) is 5.02 Å². The summed E-state index contributed by atoms with van der Waals surface area (Å²) in [7, 11) is 0. The summed E-state index contributed by atoms with van der Waals surface area (Å²) < 4.78 is 1.82. The fourth-order valence-corrected chi connectivity index (χ4v) is 3.37. The Bertz CT molecular complexity index is 901. The lowest BCUT2D eigenvalue weighted by molar-refractivity contribution is -0.115. The van der Waals surface area contributed by atoms with Gasteiger partial charge in [-0.3, -0.25) is 4.79 Å². The number of nitrogens with zero attached hydrogens (tertiary/aromatic N) is 2. The van der Waals surface area contributed by atoms with E-state index < -0.39 is 0 Å². The van der Waals surface area contributed by atoms with Crippen molar-refractivity contribution in [1.82, 2.24) is 9.78 Å². The number of halogens is 1. The fourth-order valence-electron chi connectivity index (χ4n) is 3.25. The number of hydrogen-bond donors (Lipinski definition) is 1. The zero-order chi connectivity index (χ0) is 17.2. The quantitative estimate of drug-likeness (QED) is 0.765. The van der Waals surface area contributed by atoms with Gasteiger partial charge in [-0.15, -0.1) is 0 Å². The van der Waals surface area contributed by atoms with Gasteiger partial charge in [-0.2, -0.15) is 5.10 Å². The van der Waals surface area contributed by atoms with Crippen LogP contribution < -0.4 is 5.32 Å². The number of anilines is 1. The highest BCUT2D eigenvalue weighted by atomic mass is 35.5. The van der Waals surface area contributed by atoms with Crippen LogP contribution in [0.4, 0.5) is 5.82 Å². The lowest BCUT2D eigenvalue weighted by atomic mass is 10.1. The maximum atomic E-state index is 12.5. The molecule has 1 amide bonds.